The number of benzene rings is 2. The molecule has 170 valence electrons. The van der Waals surface area contributed by atoms with Gasteiger partial charge in [0.05, 0.1) is 21.4 Å². The van der Waals surface area contributed by atoms with Gasteiger partial charge in [-0.2, -0.15) is 17.5 Å². The van der Waals surface area contributed by atoms with Crippen molar-refractivity contribution >= 4 is 38.1 Å². The Balaban J connectivity index is 1.78. The predicted molar refractivity (Wildman–Crippen MR) is 111 cm³/mol. The number of hydrogen-bond donors (Lipinski definition) is 0. The van der Waals surface area contributed by atoms with Crippen molar-refractivity contribution in [1.29, 1.82) is 0 Å². The van der Waals surface area contributed by atoms with Crippen molar-refractivity contribution in [3.8, 4) is 0 Å². The first-order valence-electron chi connectivity index (χ1n) is 9.14. The molecule has 3 rings (SSSR count). The van der Waals surface area contributed by atoms with Crippen LogP contribution >= 0.6 is 11.6 Å². The van der Waals surface area contributed by atoms with Gasteiger partial charge in [-0.05, 0) is 48.9 Å². The highest BCUT2D eigenvalue weighted by Gasteiger charge is 2.33. The fraction of sp³-hybridized carbons (Fsp3) is 0.368. The van der Waals surface area contributed by atoms with Gasteiger partial charge in [-0.3, -0.25) is 4.21 Å². The molecule has 1 fully saturated rings. The van der Waals surface area contributed by atoms with Crippen LogP contribution in [0, 0.1) is 12.7 Å². The van der Waals surface area contributed by atoms with Crippen LogP contribution < -0.4 is 4.90 Å². The summed E-state index contributed by atoms with van der Waals surface area (Å²) < 4.78 is 91.4. The maximum absolute atomic E-state index is 14.5. The van der Waals surface area contributed by atoms with Crippen LogP contribution in [-0.2, 0) is 20.8 Å². The normalized spacial score (nSPS) is 17.0. The summed E-state index contributed by atoms with van der Waals surface area (Å²) in [5, 5.41) is 0.400. The first-order chi connectivity index (χ1) is 14.4. The number of piperazine rings is 1. The number of alkyl halides is 3. The first-order valence-corrected chi connectivity index (χ1v) is 12.3. The van der Waals surface area contributed by atoms with Gasteiger partial charge < -0.3 is 4.90 Å². The number of hydrogen-bond acceptors (Lipinski definition) is 4. The molecule has 1 aliphatic rings. The number of halogens is 5. The summed E-state index contributed by atoms with van der Waals surface area (Å²) in [6, 6.07) is 7.94. The molecule has 0 N–H and O–H groups in total. The van der Waals surface area contributed by atoms with E-state index in [9.17, 15) is 30.2 Å². The molecule has 2 aromatic carbocycles. The van der Waals surface area contributed by atoms with Crippen molar-refractivity contribution in [3.05, 3.63) is 52.8 Å². The molecule has 31 heavy (non-hydrogen) atoms. The zero-order chi connectivity index (χ0) is 23.0. The molecule has 2 aromatic rings. The van der Waals surface area contributed by atoms with E-state index in [-0.39, 0.29) is 47.2 Å². The standard InChI is InChI=1S/C19H19ClF4N2O3S2/c1-13-10-16(21)17(11-18(13)30(27)12-19(22,23)24)25-6-8-26(9-7-25)31(28,29)15-4-2-14(20)3-5-15/h2-5,10-11H,6-9,12H2,1H3. The highest BCUT2D eigenvalue weighted by Crippen LogP contribution is 2.30. The Kier molecular flexibility index (Phi) is 6.99. The van der Waals surface area contributed by atoms with Gasteiger partial charge in [0.15, 0.2) is 0 Å². The van der Waals surface area contributed by atoms with E-state index in [0.717, 1.165) is 12.1 Å². The summed E-state index contributed by atoms with van der Waals surface area (Å²) in [4.78, 5) is 1.53. The van der Waals surface area contributed by atoms with Crippen LogP contribution in [0.5, 0.6) is 0 Å². The van der Waals surface area contributed by atoms with Crippen molar-refractivity contribution in [2.75, 3.05) is 36.8 Å². The molecule has 0 spiro atoms. The zero-order valence-electron chi connectivity index (χ0n) is 16.3. The number of sulfonamides is 1. The molecule has 0 radical (unpaired) electrons. The van der Waals surface area contributed by atoms with Gasteiger partial charge in [0.2, 0.25) is 10.0 Å². The molecular weight excluding hydrogens is 480 g/mol. The monoisotopic (exact) mass is 498 g/mol. The molecule has 5 nitrogen and oxygen atoms in total. The number of nitrogens with zero attached hydrogens (tertiary/aromatic N) is 2. The van der Waals surface area contributed by atoms with Crippen LogP contribution in [0.4, 0.5) is 23.2 Å². The number of aryl methyl sites for hydroxylation is 1. The van der Waals surface area contributed by atoms with Gasteiger partial charge in [0, 0.05) is 36.1 Å². The van der Waals surface area contributed by atoms with Gasteiger partial charge >= 0.3 is 6.18 Å². The van der Waals surface area contributed by atoms with Crippen LogP contribution in [-0.4, -0.2) is 55.0 Å². The Morgan fingerprint density at radius 1 is 1.06 bits per heavy atom. The zero-order valence-corrected chi connectivity index (χ0v) is 18.7. The minimum absolute atomic E-state index is 0.000310. The van der Waals surface area contributed by atoms with E-state index in [1.807, 2.05) is 0 Å². The highest BCUT2D eigenvalue weighted by molar-refractivity contribution is 7.89. The molecule has 12 heteroatoms. The van der Waals surface area contributed by atoms with Crippen molar-refractivity contribution in [2.24, 2.45) is 0 Å². The van der Waals surface area contributed by atoms with Gasteiger partial charge in [0.25, 0.3) is 0 Å². The van der Waals surface area contributed by atoms with Crippen molar-refractivity contribution < 1.29 is 30.2 Å². The topological polar surface area (TPSA) is 57.7 Å². The fourth-order valence-electron chi connectivity index (χ4n) is 3.28. The fourth-order valence-corrected chi connectivity index (χ4v) is 5.94. The van der Waals surface area contributed by atoms with Crippen molar-refractivity contribution in [2.45, 2.75) is 22.9 Å². The lowest BCUT2D eigenvalue weighted by molar-refractivity contribution is -0.105. The van der Waals surface area contributed by atoms with Crippen molar-refractivity contribution in [1.82, 2.24) is 4.31 Å². The Hall–Kier alpha value is -1.69. The van der Waals surface area contributed by atoms with Crippen LogP contribution in [0.3, 0.4) is 0 Å². The molecule has 0 amide bonds. The third-order valence-corrected chi connectivity index (χ3v) is 8.50. The molecule has 0 aromatic heterocycles. The minimum Gasteiger partial charge on any atom is -0.366 e. The van der Waals surface area contributed by atoms with E-state index in [2.05, 4.69) is 0 Å². The smallest absolute Gasteiger partial charge is 0.366 e. The largest absolute Gasteiger partial charge is 0.400 e. The average Bonchev–Trinajstić information content (AvgIpc) is 2.67. The van der Waals surface area contributed by atoms with Crippen LogP contribution in [0.1, 0.15) is 5.56 Å². The van der Waals surface area contributed by atoms with Gasteiger partial charge in [0.1, 0.15) is 11.6 Å². The second kappa shape index (κ2) is 9.05. The van der Waals surface area contributed by atoms with E-state index >= 15 is 0 Å². The second-order valence-corrected chi connectivity index (χ2v) is 10.8. The Labute approximate surface area is 185 Å². The Morgan fingerprint density at radius 3 is 2.19 bits per heavy atom. The summed E-state index contributed by atoms with van der Waals surface area (Å²) in [6.45, 7) is 1.75. The molecule has 1 unspecified atom stereocenters. The molecule has 1 heterocycles. The van der Waals surface area contributed by atoms with Gasteiger partial charge in [-0.25, -0.2) is 12.8 Å². The molecule has 1 aliphatic heterocycles. The Bertz CT molecular complexity index is 1080. The minimum atomic E-state index is -4.62. The van der Waals surface area contributed by atoms with Crippen molar-refractivity contribution in [3.63, 3.8) is 0 Å². The highest BCUT2D eigenvalue weighted by atomic mass is 35.5. The maximum atomic E-state index is 14.5. The Morgan fingerprint density at radius 2 is 1.65 bits per heavy atom. The quantitative estimate of drug-likeness (QED) is 0.585. The SMILES string of the molecule is Cc1cc(F)c(N2CCN(S(=O)(=O)c3ccc(Cl)cc3)CC2)cc1S(=O)CC(F)(F)F. The summed E-state index contributed by atoms with van der Waals surface area (Å²) in [7, 11) is -6.13. The third-order valence-electron chi connectivity index (χ3n) is 4.82. The lowest BCUT2D eigenvalue weighted by Crippen LogP contribution is -2.49. The maximum Gasteiger partial charge on any atom is 0.400 e. The summed E-state index contributed by atoms with van der Waals surface area (Å²) in [6.07, 6.45) is -4.62. The van der Waals surface area contributed by atoms with E-state index < -0.39 is 38.6 Å². The number of anilines is 1. The van der Waals surface area contributed by atoms with Crippen LogP contribution in [0.15, 0.2) is 46.2 Å². The van der Waals surface area contributed by atoms with Gasteiger partial charge in [-0.15, -0.1) is 0 Å². The molecule has 1 saturated heterocycles. The summed E-state index contributed by atoms with van der Waals surface area (Å²) in [5.74, 6) is -2.19. The van der Waals surface area contributed by atoms with E-state index in [0.29, 0.717) is 5.02 Å². The second-order valence-electron chi connectivity index (χ2n) is 7.02. The third kappa shape index (κ3) is 5.57. The van der Waals surface area contributed by atoms with E-state index in [1.165, 1.54) is 40.4 Å². The first kappa shape index (κ1) is 24.0. The average molecular weight is 499 g/mol. The molecule has 0 saturated carbocycles. The lowest BCUT2D eigenvalue weighted by Gasteiger charge is -2.35. The lowest BCUT2D eigenvalue weighted by atomic mass is 10.2. The van der Waals surface area contributed by atoms with Gasteiger partial charge in [-0.1, -0.05) is 11.6 Å². The van der Waals surface area contributed by atoms with Crippen LogP contribution in [0.25, 0.3) is 0 Å². The molecular formula is C19H19ClF4N2O3S2. The summed E-state index contributed by atoms with van der Waals surface area (Å²) >= 11 is 5.80. The predicted octanol–water partition coefficient (Wildman–Crippen LogP) is 3.97. The molecule has 0 bridgehead atoms. The van der Waals surface area contributed by atoms with E-state index in [4.69, 9.17) is 11.6 Å². The van der Waals surface area contributed by atoms with Crippen LogP contribution in [0.2, 0.25) is 5.02 Å². The van der Waals surface area contributed by atoms with E-state index in [1.54, 1.807) is 0 Å². The molecule has 0 aliphatic carbocycles. The summed E-state index contributed by atoms with van der Waals surface area (Å²) in [5.41, 5.74) is 0.160. The molecule has 1 atom stereocenters. The number of rotatable bonds is 5.